The minimum atomic E-state index is -0.541. The fourth-order valence-corrected chi connectivity index (χ4v) is 2.77. The first kappa shape index (κ1) is 15.4. The van der Waals surface area contributed by atoms with Gasteiger partial charge in [0, 0.05) is 17.0 Å². The number of nitrogens with zero attached hydrogens (tertiary/aromatic N) is 2. The summed E-state index contributed by atoms with van der Waals surface area (Å²) in [6.45, 7) is 7.28. The van der Waals surface area contributed by atoms with Crippen molar-refractivity contribution in [1.82, 2.24) is 5.32 Å². The Hall–Kier alpha value is -2.98. The van der Waals surface area contributed by atoms with E-state index in [0.717, 1.165) is 5.56 Å². The Morgan fingerprint density at radius 3 is 2.32 bits per heavy atom. The monoisotopic (exact) mass is 291 g/mol. The summed E-state index contributed by atoms with van der Waals surface area (Å²) in [7, 11) is 0. The second-order valence-corrected chi connectivity index (χ2v) is 5.21. The zero-order chi connectivity index (χ0) is 16.3. The van der Waals surface area contributed by atoms with E-state index in [1.807, 2.05) is 12.1 Å². The van der Waals surface area contributed by atoms with Gasteiger partial charge in [-0.25, -0.2) is 0 Å². The predicted octanol–water partition coefficient (Wildman–Crippen LogP) is 3.40. The number of hydrogen-bond donors (Lipinski definition) is 2. The zero-order valence-electron chi connectivity index (χ0n) is 12.6. The Kier molecular flexibility index (Phi) is 4.34. The molecule has 4 nitrogen and oxygen atoms in total. The van der Waals surface area contributed by atoms with Crippen LogP contribution in [0.4, 0.5) is 0 Å². The molecule has 2 N–H and O–H groups in total. The molecule has 0 amide bonds. The normalized spacial score (nSPS) is 15.1. The summed E-state index contributed by atoms with van der Waals surface area (Å²) in [4.78, 5) is 0. The van der Waals surface area contributed by atoms with Crippen LogP contribution in [0, 0.1) is 22.7 Å². The highest BCUT2D eigenvalue weighted by atomic mass is 16.3. The van der Waals surface area contributed by atoms with Crippen LogP contribution in [0.3, 0.4) is 0 Å². The number of nitrogens with one attached hydrogen (secondary N) is 1. The number of aromatic hydroxyl groups is 1. The second kappa shape index (κ2) is 6.20. The molecular formula is C18H17N3O. The van der Waals surface area contributed by atoms with Crippen LogP contribution in [0.15, 0.2) is 53.4 Å². The van der Waals surface area contributed by atoms with Crippen LogP contribution in [0.2, 0.25) is 0 Å². The molecule has 0 radical (unpaired) electrons. The summed E-state index contributed by atoms with van der Waals surface area (Å²) in [5.74, 6) is -0.420. The number of para-hydroxylation sites is 1. The maximum atomic E-state index is 10.5. The first-order valence-corrected chi connectivity index (χ1v) is 6.95. The molecule has 0 aromatic heterocycles. The molecule has 1 aromatic carbocycles. The second-order valence-electron chi connectivity index (χ2n) is 5.21. The van der Waals surface area contributed by atoms with Crippen LogP contribution in [-0.2, 0) is 6.42 Å². The van der Waals surface area contributed by atoms with Crippen LogP contribution in [0.1, 0.15) is 30.9 Å². The summed E-state index contributed by atoms with van der Waals surface area (Å²) in [5, 5.41) is 32.6. The van der Waals surface area contributed by atoms with E-state index < -0.39 is 5.92 Å². The van der Waals surface area contributed by atoms with Crippen LogP contribution in [0.25, 0.3) is 0 Å². The van der Waals surface area contributed by atoms with Gasteiger partial charge < -0.3 is 10.4 Å². The van der Waals surface area contributed by atoms with E-state index in [9.17, 15) is 15.6 Å². The smallest absolute Gasteiger partial charge is 0.123 e. The molecule has 22 heavy (non-hydrogen) atoms. The van der Waals surface area contributed by atoms with Crippen molar-refractivity contribution >= 4 is 0 Å². The van der Waals surface area contributed by atoms with Gasteiger partial charge in [0.2, 0.25) is 0 Å². The van der Waals surface area contributed by atoms with Crippen molar-refractivity contribution in [3.05, 3.63) is 64.5 Å². The Morgan fingerprint density at radius 2 is 1.82 bits per heavy atom. The van der Waals surface area contributed by atoms with Gasteiger partial charge in [-0.05, 0) is 25.8 Å². The molecule has 1 aromatic rings. The van der Waals surface area contributed by atoms with Crippen molar-refractivity contribution in [1.29, 1.82) is 10.5 Å². The standard InChI is InChI=1S/C18H17N3O/c1-4-6-13-7-5-8-14(18(13)22)17-15(9-19)11(2)21-12(3)16(17)10-20/h4-5,7-8,17,21-22H,1,6H2,2-3H3. The molecular weight excluding hydrogens is 274 g/mol. The lowest BCUT2D eigenvalue weighted by molar-refractivity contribution is 0.461. The third kappa shape index (κ3) is 2.47. The zero-order valence-corrected chi connectivity index (χ0v) is 12.6. The van der Waals surface area contributed by atoms with Crippen LogP contribution in [-0.4, -0.2) is 5.11 Å². The van der Waals surface area contributed by atoms with Crippen molar-refractivity contribution in [3.8, 4) is 17.9 Å². The predicted molar refractivity (Wildman–Crippen MR) is 84.5 cm³/mol. The van der Waals surface area contributed by atoms with E-state index in [1.54, 1.807) is 26.0 Å². The number of phenols is 1. The Labute approximate surface area is 130 Å². The molecule has 0 fully saturated rings. The Balaban J connectivity index is 2.69. The van der Waals surface area contributed by atoms with Crippen molar-refractivity contribution in [2.45, 2.75) is 26.2 Å². The lowest BCUT2D eigenvalue weighted by atomic mass is 9.80. The van der Waals surface area contributed by atoms with Gasteiger partial charge in [0.25, 0.3) is 0 Å². The average Bonchev–Trinajstić information content (AvgIpc) is 2.49. The van der Waals surface area contributed by atoms with Gasteiger partial charge in [-0.2, -0.15) is 10.5 Å². The molecule has 0 bridgehead atoms. The van der Waals surface area contributed by atoms with Gasteiger partial charge in [-0.15, -0.1) is 6.58 Å². The van der Waals surface area contributed by atoms with Crippen molar-refractivity contribution in [2.24, 2.45) is 0 Å². The van der Waals surface area contributed by atoms with E-state index in [2.05, 4.69) is 24.0 Å². The first-order chi connectivity index (χ1) is 10.5. The molecule has 0 atom stereocenters. The molecule has 0 unspecified atom stereocenters. The van der Waals surface area contributed by atoms with E-state index >= 15 is 0 Å². The minimum absolute atomic E-state index is 0.121. The number of allylic oxidation sites excluding steroid dienone is 5. The number of benzene rings is 1. The van der Waals surface area contributed by atoms with E-state index in [4.69, 9.17) is 0 Å². The number of rotatable bonds is 3. The lowest BCUT2D eigenvalue weighted by Crippen LogP contribution is -2.23. The van der Waals surface area contributed by atoms with Gasteiger partial charge in [-0.3, -0.25) is 0 Å². The quantitative estimate of drug-likeness (QED) is 0.836. The largest absolute Gasteiger partial charge is 0.507 e. The van der Waals surface area contributed by atoms with Crippen molar-refractivity contribution in [3.63, 3.8) is 0 Å². The maximum absolute atomic E-state index is 10.5. The highest BCUT2D eigenvalue weighted by Crippen LogP contribution is 2.41. The maximum Gasteiger partial charge on any atom is 0.123 e. The molecule has 2 rings (SSSR count). The number of nitriles is 2. The molecule has 0 spiro atoms. The van der Waals surface area contributed by atoms with Gasteiger partial charge in [0.15, 0.2) is 0 Å². The molecule has 1 aliphatic heterocycles. The summed E-state index contributed by atoms with van der Waals surface area (Å²) in [5.41, 5.74) is 3.63. The number of phenolic OH excluding ortho intramolecular Hbond substituents is 1. The topological polar surface area (TPSA) is 79.8 Å². The van der Waals surface area contributed by atoms with Crippen LogP contribution in [0.5, 0.6) is 5.75 Å². The Bertz CT molecular complexity index is 737. The van der Waals surface area contributed by atoms with Crippen molar-refractivity contribution in [2.75, 3.05) is 0 Å². The van der Waals surface area contributed by atoms with Crippen LogP contribution < -0.4 is 5.32 Å². The fraction of sp³-hybridized carbons (Fsp3) is 0.222. The Morgan fingerprint density at radius 1 is 1.23 bits per heavy atom. The molecule has 1 aliphatic rings. The lowest BCUT2D eigenvalue weighted by Gasteiger charge is -2.27. The SMILES string of the molecule is C=CCc1cccc(C2C(C#N)=C(C)NC(C)=C2C#N)c1O. The van der Waals surface area contributed by atoms with Crippen molar-refractivity contribution < 1.29 is 5.11 Å². The van der Waals surface area contributed by atoms with Crippen LogP contribution >= 0.6 is 0 Å². The average molecular weight is 291 g/mol. The molecule has 1 heterocycles. The molecule has 0 saturated heterocycles. The minimum Gasteiger partial charge on any atom is -0.507 e. The van der Waals surface area contributed by atoms with Gasteiger partial charge in [0.1, 0.15) is 5.75 Å². The third-order valence-electron chi connectivity index (χ3n) is 3.83. The van der Waals surface area contributed by atoms with E-state index in [-0.39, 0.29) is 5.75 Å². The van der Waals surface area contributed by atoms with E-state index in [0.29, 0.717) is 34.5 Å². The van der Waals surface area contributed by atoms with E-state index in [1.165, 1.54) is 0 Å². The first-order valence-electron chi connectivity index (χ1n) is 6.95. The molecule has 0 saturated carbocycles. The highest BCUT2D eigenvalue weighted by Gasteiger charge is 2.31. The summed E-state index contributed by atoms with van der Waals surface area (Å²) >= 11 is 0. The molecule has 4 heteroatoms. The molecule has 110 valence electrons. The third-order valence-corrected chi connectivity index (χ3v) is 3.83. The number of dihydropyridines is 1. The summed E-state index contributed by atoms with van der Waals surface area (Å²) in [6.07, 6.45) is 2.24. The highest BCUT2D eigenvalue weighted by molar-refractivity contribution is 5.59. The summed E-state index contributed by atoms with van der Waals surface area (Å²) in [6, 6.07) is 9.73. The fourth-order valence-electron chi connectivity index (χ4n) is 2.77. The summed E-state index contributed by atoms with van der Waals surface area (Å²) < 4.78 is 0. The van der Waals surface area contributed by atoms with Gasteiger partial charge in [0.05, 0.1) is 29.2 Å². The number of hydrogen-bond acceptors (Lipinski definition) is 4. The van der Waals surface area contributed by atoms with Gasteiger partial charge in [-0.1, -0.05) is 24.3 Å². The molecule has 0 aliphatic carbocycles. The van der Waals surface area contributed by atoms with Gasteiger partial charge >= 0.3 is 0 Å².